The second kappa shape index (κ2) is 6.05. The van der Waals surface area contributed by atoms with Crippen LogP contribution in [-0.2, 0) is 6.54 Å². The fourth-order valence-electron chi connectivity index (χ4n) is 1.50. The molecule has 1 aromatic heterocycles. The van der Waals surface area contributed by atoms with Gasteiger partial charge in [0.1, 0.15) is 11.5 Å². The Labute approximate surface area is 116 Å². The first kappa shape index (κ1) is 13.1. The van der Waals surface area contributed by atoms with Crippen LogP contribution in [0.1, 0.15) is 5.56 Å². The quantitative estimate of drug-likeness (QED) is 0.924. The maximum Gasteiger partial charge on any atom is 0.147 e. The Hall–Kier alpha value is -1.29. The van der Waals surface area contributed by atoms with E-state index in [9.17, 15) is 0 Å². The molecule has 0 atom stereocenters. The fraction of sp³-hybridized carbons (Fsp3) is 0.154. The molecule has 2 aromatic rings. The van der Waals surface area contributed by atoms with Crippen LogP contribution in [-0.4, -0.2) is 12.0 Å². The molecule has 0 spiro atoms. The number of hydrogen-bond donors (Lipinski definition) is 1. The first-order chi connectivity index (χ1) is 8.69. The molecule has 94 valence electrons. The monoisotopic (exact) mass is 282 g/mol. The molecule has 1 N–H and O–H groups in total. The number of halogens is 2. The van der Waals surface area contributed by atoms with Gasteiger partial charge in [0, 0.05) is 23.8 Å². The molecule has 0 aliphatic rings. The summed E-state index contributed by atoms with van der Waals surface area (Å²) in [5, 5.41) is 4.14. The largest absolute Gasteiger partial charge is 0.454 e. The summed E-state index contributed by atoms with van der Waals surface area (Å²) in [5.74, 6) is 1.15. The lowest BCUT2D eigenvalue weighted by molar-refractivity contribution is 0.479. The van der Waals surface area contributed by atoms with Gasteiger partial charge in [-0.3, -0.25) is 4.98 Å². The SMILES string of the molecule is CNCc1cncc(Oc2cc(Cl)ccc2Cl)c1. The van der Waals surface area contributed by atoms with Gasteiger partial charge in [-0.25, -0.2) is 0 Å². The summed E-state index contributed by atoms with van der Waals surface area (Å²) in [6.45, 7) is 0.730. The number of nitrogens with one attached hydrogen (secondary N) is 1. The van der Waals surface area contributed by atoms with Crippen LogP contribution in [0, 0.1) is 0 Å². The van der Waals surface area contributed by atoms with E-state index in [-0.39, 0.29) is 0 Å². The Bertz CT molecular complexity index is 546. The van der Waals surface area contributed by atoms with Crippen LogP contribution in [0.25, 0.3) is 0 Å². The highest BCUT2D eigenvalue weighted by molar-refractivity contribution is 6.34. The molecule has 0 bridgehead atoms. The van der Waals surface area contributed by atoms with Crippen LogP contribution in [0.15, 0.2) is 36.7 Å². The summed E-state index contributed by atoms with van der Waals surface area (Å²) in [6.07, 6.45) is 3.42. The second-order valence-corrected chi connectivity index (χ2v) is 4.58. The van der Waals surface area contributed by atoms with Crippen molar-refractivity contribution in [3.05, 3.63) is 52.3 Å². The van der Waals surface area contributed by atoms with E-state index in [0.717, 1.165) is 12.1 Å². The molecule has 0 aliphatic carbocycles. The topological polar surface area (TPSA) is 34.2 Å². The smallest absolute Gasteiger partial charge is 0.147 e. The van der Waals surface area contributed by atoms with E-state index < -0.39 is 0 Å². The summed E-state index contributed by atoms with van der Waals surface area (Å²) < 4.78 is 5.67. The van der Waals surface area contributed by atoms with Crippen molar-refractivity contribution >= 4 is 23.2 Å². The van der Waals surface area contributed by atoms with Crippen molar-refractivity contribution in [1.82, 2.24) is 10.3 Å². The zero-order valence-corrected chi connectivity index (χ0v) is 11.3. The van der Waals surface area contributed by atoms with Crippen molar-refractivity contribution in [3.8, 4) is 11.5 Å². The third-order valence-electron chi connectivity index (χ3n) is 2.27. The van der Waals surface area contributed by atoms with Gasteiger partial charge in [0.2, 0.25) is 0 Å². The number of aromatic nitrogens is 1. The summed E-state index contributed by atoms with van der Waals surface area (Å²) in [7, 11) is 1.88. The first-order valence-corrected chi connectivity index (χ1v) is 6.16. The Morgan fingerprint density at radius 1 is 1.22 bits per heavy atom. The third kappa shape index (κ3) is 3.35. The van der Waals surface area contributed by atoms with Crippen LogP contribution in [0.4, 0.5) is 0 Å². The zero-order chi connectivity index (χ0) is 13.0. The van der Waals surface area contributed by atoms with Crippen LogP contribution >= 0.6 is 23.2 Å². The molecular formula is C13H12Cl2N2O. The van der Waals surface area contributed by atoms with Crippen LogP contribution in [0.5, 0.6) is 11.5 Å². The summed E-state index contributed by atoms with van der Waals surface area (Å²) >= 11 is 11.9. The zero-order valence-electron chi connectivity index (χ0n) is 9.78. The maximum atomic E-state index is 6.03. The average molecular weight is 283 g/mol. The molecule has 0 unspecified atom stereocenters. The van der Waals surface area contributed by atoms with Crippen molar-refractivity contribution in [2.24, 2.45) is 0 Å². The lowest BCUT2D eigenvalue weighted by Gasteiger charge is -2.08. The molecule has 0 fully saturated rings. The van der Waals surface area contributed by atoms with Crippen molar-refractivity contribution < 1.29 is 4.74 Å². The number of hydrogen-bond acceptors (Lipinski definition) is 3. The normalized spacial score (nSPS) is 10.4. The van der Waals surface area contributed by atoms with Gasteiger partial charge in [-0.15, -0.1) is 0 Å². The molecule has 0 saturated carbocycles. The van der Waals surface area contributed by atoms with Crippen molar-refractivity contribution in [3.63, 3.8) is 0 Å². The lowest BCUT2D eigenvalue weighted by atomic mass is 10.3. The lowest BCUT2D eigenvalue weighted by Crippen LogP contribution is -2.05. The van der Waals surface area contributed by atoms with E-state index in [1.165, 1.54) is 0 Å². The van der Waals surface area contributed by atoms with E-state index in [1.807, 2.05) is 13.1 Å². The number of rotatable bonds is 4. The fourth-order valence-corrected chi connectivity index (χ4v) is 1.82. The molecule has 18 heavy (non-hydrogen) atoms. The number of ether oxygens (including phenoxy) is 1. The Kier molecular flexibility index (Phi) is 4.42. The summed E-state index contributed by atoms with van der Waals surface area (Å²) in [4.78, 5) is 4.11. The third-order valence-corrected chi connectivity index (χ3v) is 2.82. The molecule has 0 aliphatic heterocycles. The van der Waals surface area contributed by atoms with Gasteiger partial charge >= 0.3 is 0 Å². The number of nitrogens with zero attached hydrogens (tertiary/aromatic N) is 1. The van der Waals surface area contributed by atoms with Crippen molar-refractivity contribution in [1.29, 1.82) is 0 Å². The Morgan fingerprint density at radius 2 is 2.06 bits per heavy atom. The Balaban J connectivity index is 2.22. The molecule has 1 aromatic carbocycles. The average Bonchev–Trinajstić information content (AvgIpc) is 2.35. The minimum Gasteiger partial charge on any atom is -0.454 e. The van der Waals surface area contributed by atoms with Gasteiger partial charge in [0.25, 0.3) is 0 Å². The van der Waals surface area contributed by atoms with Crippen LogP contribution < -0.4 is 10.1 Å². The van der Waals surface area contributed by atoms with Gasteiger partial charge in [0.05, 0.1) is 11.2 Å². The van der Waals surface area contributed by atoms with Crippen LogP contribution in [0.2, 0.25) is 10.0 Å². The minimum atomic E-state index is 0.512. The highest BCUT2D eigenvalue weighted by Crippen LogP contribution is 2.31. The van der Waals surface area contributed by atoms with Gasteiger partial charge in [0.15, 0.2) is 0 Å². The molecule has 5 heteroatoms. The summed E-state index contributed by atoms with van der Waals surface area (Å²) in [6, 6.07) is 6.99. The predicted octanol–water partition coefficient (Wildman–Crippen LogP) is 3.90. The van der Waals surface area contributed by atoms with Gasteiger partial charge in [-0.1, -0.05) is 23.2 Å². The molecule has 0 radical (unpaired) electrons. The van der Waals surface area contributed by atoms with E-state index >= 15 is 0 Å². The number of pyridine rings is 1. The van der Waals surface area contributed by atoms with Crippen LogP contribution in [0.3, 0.4) is 0 Å². The molecular weight excluding hydrogens is 271 g/mol. The Morgan fingerprint density at radius 3 is 2.83 bits per heavy atom. The highest BCUT2D eigenvalue weighted by atomic mass is 35.5. The standard InChI is InChI=1S/C13H12Cl2N2O/c1-16-6-9-4-11(8-17-7-9)18-13-5-10(14)2-3-12(13)15/h2-5,7-8,16H,6H2,1H3. The molecule has 1 heterocycles. The van der Waals surface area contributed by atoms with Gasteiger partial charge < -0.3 is 10.1 Å². The second-order valence-electron chi connectivity index (χ2n) is 3.74. The molecule has 2 rings (SSSR count). The van der Waals surface area contributed by atoms with Gasteiger partial charge in [-0.05, 0) is 30.8 Å². The minimum absolute atomic E-state index is 0.512. The molecule has 0 saturated heterocycles. The van der Waals surface area contributed by atoms with E-state index in [1.54, 1.807) is 30.6 Å². The highest BCUT2D eigenvalue weighted by Gasteiger charge is 2.05. The maximum absolute atomic E-state index is 6.03. The van der Waals surface area contributed by atoms with Crippen molar-refractivity contribution in [2.45, 2.75) is 6.54 Å². The number of benzene rings is 1. The first-order valence-electron chi connectivity index (χ1n) is 5.40. The molecule has 3 nitrogen and oxygen atoms in total. The summed E-state index contributed by atoms with van der Waals surface area (Å²) in [5.41, 5.74) is 1.04. The van der Waals surface area contributed by atoms with Crippen molar-refractivity contribution in [2.75, 3.05) is 7.05 Å². The molecule has 0 amide bonds. The van der Waals surface area contributed by atoms with E-state index in [0.29, 0.717) is 21.5 Å². The van der Waals surface area contributed by atoms with Gasteiger partial charge in [-0.2, -0.15) is 0 Å². The predicted molar refractivity (Wildman–Crippen MR) is 73.5 cm³/mol. The van der Waals surface area contributed by atoms with E-state index in [2.05, 4.69) is 10.3 Å². The van der Waals surface area contributed by atoms with E-state index in [4.69, 9.17) is 27.9 Å².